The SMILES string of the molecule is O=CN1CCCC1c1cc(Cl)nc(Cl)c1. The van der Waals surface area contributed by atoms with E-state index in [9.17, 15) is 4.79 Å². The number of pyridine rings is 1. The van der Waals surface area contributed by atoms with Crippen LogP contribution in [0.1, 0.15) is 24.4 Å². The molecule has 0 radical (unpaired) electrons. The van der Waals surface area contributed by atoms with Crippen LogP contribution in [0.4, 0.5) is 0 Å². The molecule has 1 aliphatic heterocycles. The van der Waals surface area contributed by atoms with E-state index in [1.807, 2.05) is 0 Å². The van der Waals surface area contributed by atoms with Gasteiger partial charge in [-0.05, 0) is 30.5 Å². The van der Waals surface area contributed by atoms with Crippen LogP contribution < -0.4 is 0 Å². The first-order valence-corrected chi connectivity index (χ1v) is 5.50. The van der Waals surface area contributed by atoms with Crippen LogP contribution in [0, 0.1) is 0 Å². The number of hydrogen-bond donors (Lipinski definition) is 0. The maximum absolute atomic E-state index is 10.8. The standard InChI is InChI=1S/C10H10Cl2N2O/c11-9-4-7(5-10(12)13-9)8-2-1-3-14(8)6-15/h4-6,8H,1-3H2. The van der Waals surface area contributed by atoms with Crippen molar-refractivity contribution in [2.45, 2.75) is 18.9 Å². The zero-order chi connectivity index (χ0) is 10.8. The molecule has 2 rings (SSSR count). The number of carbonyl (C=O) groups excluding carboxylic acids is 1. The summed E-state index contributed by atoms with van der Waals surface area (Å²) in [6, 6.07) is 3.63. The molecule has 1 aromatic rings. The minimum atomic E-state index is 0.0977. The van der Waals surface area contributed by atoms with Crippen LogP contribution in [-0.2, 0) is 4.79 Å². The minimum absolute atomic E-state index is 0.0977. The summed E-state index contributed by atoms with van der Waals surface area (Å²) in [7, 11) is 0. The number of halogens is 2. The molecule has 1 unspecified atom stereocenters. The number of carbonyl (C=O) groups is 1. The summed E-state index contributed by atoms with van der Waals surface area (Å²) < 4.78 is 0. The van der Waals surface area contributed by atoms with Gasteiger partial charge in [-0.1, -0.05) is 23.2 Å². The van der Waals surface area contributed by atoms with Crippen LogP contribution in [0.15, 0.2) is 12.1 Å². The highest BCUT2D eigenvalue weighted by molar-refractivity contribution is 6.32. The lowest BCUT2D eigenvalue weighted by Crippen LogP contribution is -2.21. The van der Waals surface area contributed by atoms with E-state index in [4.69, 9.17) is 23.2 Å². The van der Waals surface area contributed by atoms with Crippen molar-refractivity contribution in [3.05, 3.63) is 28.0 Å². The van der Waals surface area contributed by atoms with Crippen molar-refractivity contribution in [3.8, 4) is 0 Å². The average molecular weight is 245 g/mol. The maximum atomic E-state index is 10.8. The number of rotatable bonds is 2. The van der Waals surface area contributed by atoms with Crippen molar-refractivity contribution in [1.82, 2.24) is 9.88 Å². The molecule has 0 bridgehead atoms. The van der Waals surface area contributed by atoms with Crippen LogP contribution in [0.3, 0.4) is 0 Å². The Morgan fingerprint density at radius 1 is 1.40 bits per heavy atom. The summed E-state index contributed by atoms with van der Waals surface area (Å²) in [4.78, 5) is 16.5. The highest BCUT2D eigenvalue weighted by Gasteiger charge is 2.25. The third-order valence-corrected chi connectivity index (χ3v) is 2.99. The van der Waals surface area contributed by atoms with E-state index >= 15 is 0 Å². The van der Waals surface area contributed by atoms with Gasteiger partial charge in [0.05, 0.1) is 6.04 Å². The van der Waals surface area contributed by atoms with E-state index in [1.54, 1.807) is 17.0 Å². The van der Waals surface area contributed by atoms with Gasteiger partial charge in [0.25, 0.3) is 0 Å². The lowest BCUT2D eigenvalue weighted by atomic mass is 10.1. The van der Waals surface area contributed by atoms with Crippen molar-refractivity contribution in [1.29, 1.82) is 0 Å². The van der Waals surface area contributed by atoms with Gasteiger partial charge < -0.3 is 4.90 Å². The van der Waals surface area contributed by atoms with Crippen molar-refractivity contribution < 1.29 is 4.79 Å². The largest absolute Gasteiger partial charge is 0.338 e. The quantitative estimate of drug-likeness (QED) is 0.592. The Bertz CT molecular complexity index is 363. The van der Waals surface area contributed by atoms with Crippen LogP contribution in [-0.4, -0.2) is 22.8 Å². The zero-order valence-electron chi connectivity index (χ0n) is 7.99. The summed E-state index contributed by atoms with van der Waals surface area (Å²) in [6.07, 6.45) is 2.84. The van der Waals surface area contributed by atoms with Crippen molar-refractivity contribution in [2.24, 2.45) is 0 Å². The minimum Gasteiger partial charge on any atom is -0.338 e. The summed E-state index contributed by atoms with van der Waals surface area (Å²) in [5, 5.41) is 0.741. The van der Waals surface area contributed by atoms with E-state index < -0.39 is 0 Å². The summed E-state index contributed by atoms with van der Waals surface area (Å²) in [5.74, 6) is 0. The molecule has 0 saturated carbocycles. The first-order valence-electron chi connectivity index (χ1n) is 4.75. The first kappa shape index (κ1) is 10.7. The Morgan fingerprint density at radius 2 is 2.07 bits per heavy atom. The molecule has 80 valence electrons. The molecule has 0 N–H and O–H groups in total. The third-order valence-electron chi connectivity index (χ3n) is 2.60. The molecule has 1 aromatic heterocycles. The van der Waals surface area contributed by atoms with Gasteiger partial charge in [-0.25, -0.2) is 4.98 Å². The molecule has 1 amide bonds. The number of amides is 1. The predicted molar refractivity (Wildman–Crippen MR) is 59.0 cm³/mol. The molecule has 2 heterocycles. The second-order valence-corrected chi connectivity index (χ2v) is 4.32. The van der Waals surface area contributed by atoms with Crippen LogP contribution in [0.2, 0.25) is 10.3 Å². The molecular formula is C10H10Cl2N2O. The van der Waals surface area contributed by atoms with E-state index in [0.717, 1.165) is 31.4 Å². The monoisotopic (exact) mass is 244 g/mol. The molecule has 1 fully saturated rings. The lowest BCUT2D eigenvalue weighted by Gasteiger charge is -2.20. The Hall–Kier alpha value is -0.800. The molecule has 0 aromatic carbocycles. The second kappa shape index (κ2) is 4.37. The smallest absolute Gasteiger partial charge is 0.210 e. The Kier molecular flexibility index (Phi) is 3.12. The van der Waals surface area contributed by atoms with Gasteiger partial charge in [0.1, 0.15) is 10.3 Å². The predicted octanol–water partition coefficient (Wildman–Crippen LogP) is 2.68. The number of nitrogens with zero attached hydrogens (tertiary/aromatic N) is 2. The normalized spacial score (nSPS) is 20.7. The van der Waals surface area contributed by atoms with Gasteiger partial charge in [0.15, 0.2) is 0 Å². The average Bonchev–Trinajstić information content (AvgIpc) is 2.63. The fourth-order valence-electron chi connectivity index (χ4n) is 1.95. The molecular weight excluding hydrogens is 235 g/mol. The molecule has 0 spiro atoms. The molecule has 1 aliphatic rings. The summed E-state index contributed by atoms with van der Waals surface area (Å²) in [5.41, 5.74) is 0.963. The summed E-state index contributed by atoms with van der Waals surface area (Å²) in [6.45, 7) is 0.797. The van der Waals surface area contributed by atoms with Crippen LogP contribution in [0.25, 0.3) is 0 Å². The second-order valence-electron chi connectivity index (χ2n) is 3.55. The highest BCUT2D eigenvalue weighted by atomic mass is 35.5. The number of hydrogen-bond acceptors (Lipinski definition) is 2. The van der Waals surface area contributed by atoms with Gasteiger partial charge >= 0.3 is 0 Å². The van der Waals surface area contributed by atoms with E-state index in [2.05, 4.69) is 4.98 Å². The Balaban J connectivity index is 2.32. The molecule has 1 atom stereocenters. The fourth-order valence-corrected chi connectivity index (χ4v) is 2.43. The van der Waals surface area contributed by atoms with Crippen LogP contribution in [0.5, 0.6) is 0 Å². The third kappa shape index (κ3) is 2.24. The molecule has 5 heteroatoms. The Morgan fingerprint density at radius 3 is 2.67 bits per heavy atom. The van der Waals surface area contributed by atoms with Gasteiger partial charge in [-0.3, -0.25) is 4.79 Å². The van der Waals surface area contributed by atoms with Crippen LogP contribution >= 0.6 is 23.2 Å². The van der Waals surface area contributed by atoms with E-state index in [1.165, 1.54) is 0 Å². The lowest BCUT2D eigenvalue weighted by molar-refractivity contribution is -0.118. The van der Waals surface area contributed by atoms with Gasteiger partial charge in [-0.15, -0.1) is 0 Å². The van der Waals surface area contributed by atoms with Crippen molar-refractivity contribution >= 4 is 29.6 Å². The van der Waals surface area contributed by atoms with Gasteiger partial charge in [0, 0.05) is 6.54 Å². The zero-order valence-corrected chi connectivity index (χ0v) is 9.50. The number of likely N-dealkylation sites (tertiary alicyclic amines) is 1. The molecule has 0 aliphatic carbocycles. The van der Waals surface area contributed by atoms with Crippen molar-refractivity contribution in [3.63, 3.8) is 0 Å². The Labute approximate surface area is 98.0 Å². The summed E-state index contributed by atoms with van der Waals surface area (Å²) >= 11 is 11.6. The topological polar surface area (TPSA) is 33.2 Å². The molecule has 3 nitrogen and oxygen atoms in total. The molecule has 15 heavy (non-hydrogen) atoms. The van der Waals surface area contributed by atoms with E-state index in [0.29, 0.717) is 10.3 Å². The van der Waals surface area contributed by atoms with E-state index in [-0.39, 0.29) is 6.04 Å². The van der Waals surface area contributed by atoms with Gasteiger partial charge in [0.2, 0.25) is 6.41 Å². The van der Waals surface area contributed by atoms with Crippen molar-refractivity contribution in [2.75, 3.05) is 6.54 Å². The number of aromatic nitrogens is 1. The maximum Gasteiger partial charge on any atom is 0.210 e. The fraction of sp³-hybridized carbons (Fsp3) is 0.400. The van der Waals surface area contributed by atoms with Gasteiger partial charge in [-0.2, -0.15) is 0 Å². The molecule has 1 saturated heterocycles. The first-order chi connectivity index (χ1) is 7.20. The highest BCUT2D eigenvalue weighted by Crippen LogP contribution is 2.32.